The van der Waals surface area contributed by atoms with Crippen LogP contribution in [0.25, 0.3) is 232 Å². The minimum Gasteiger partial charge on any atom is -0.228 e. The van der Waals surface area contributed by atoms with Gasteiger partial charge in [0.25, 0.3) is 0 Å². The van der Waals surface area contributed by atoms with Gasteiger partial charge in [-0.3, -0.25) is 0 Å². The smallest absolute Gasteiger partial charge is 0.160 e. The minimum absolute atomic E-state index is 0.717. The molecule has 126 heavy (non-hydrogen) atoms. The van der Waals surface area contributed by atoms with E-state index >= 15 is 0 Å². The fourth-order valence-electron chi connectivity index (χ4n) is 18.1. The molecule has 588 valence electrons. The van der Waals surface area contributed by atoms with Gasteiger partial charge in [-0.1, -0.05) is 425 Å². The standard InChI is InChI=1S/3C40H26N2/c1-3-13-27(14-4-1)38-26-39(42-40(41-38)28-15-5-2-6-16-28)36-22-12-7-17-30(36)29-23-24-35-33-20-9-8-18-31(33)32-19-10-11-21-34(32)37(35)25-29;1-3-12-27(13-4-1)38-26-39(42-40(41-38)28-14-5-2-6-15-28)31-17-11-16-29(24-31)30-22-23-36-34-20-8-7-18-32(34)33-19-9-10-21-35(33)37(36)25-30;1-3-12-27(13-4-1)38-26-39(28-14-5-2-6-15-28)42-40(41-38)31-17-11-16-29(24-31)30-22-23-36-34-20-8-7-18-32(34)33-19-9-10-21-35(33)37(36)25-30/h3*1-26H. The summed E-state index contributed by atoms with van der Waals surface area (Å²) in [5.74, 6) is 2.16. The van der Waals surface area contributed by atoms with E-state index in [-0.39, 0.29) is 0 Å². The molecule has 21 aromatic carbocycles. The number of aromatic nitrogens is 6. The number of fused-ring (bicyclic) bond motifs is 18. The molecular formula is C120H78N6. The van der Waals surface area contributed by atoms with Crippen molar-refractivity contribution in [3.63, 3.8) is 0 Å². The van der Waals surface area contributed by atoms with Gasteiger partial charge in [0, 0.05) is 50.1 Å². The molecule has 0 saturated carbocycles. The van der Waals surface area contributed by atoms with Gasteiger partial charge in [-0.2, -0.15) is 0 Å². The normalized spacial score (nSPS) is 11.3. The van der Waals surface area contributed by atoms with Crippen molar-refractivity contribution in [3.05, 3.63) is 473 Å². The van der Waals surface area contributed by atoms with Gasteiger partial charge in [-0.15, -0.1) is 0 Å². The van der Waals surface area contributed by atoms with Crippen molar-refractivity contribution in [3.8, 4) is 135 Å². The van der Waals surface area contributed by atoms with Gasteiger partial charge in [0.15, 0.2) is 17.5 Å². The highest BCUT2D eigenvalue weighted by atomic mass is 14.9. The van der Waals surface area contributed by atoms with Crippen molar-refractivity contribution in [2.24, 2.45) is 0 Å². The number of nitrogens with zero attached hydrogens (tertiary/aromatic N) is 6. The van der Waals surface area contributed by atoms with Gasteiger partial charge in [0.1, 0.15) is 0 Å². The van der Waals surface area contributed by atoms with E-state index < -0.39 is 0 Å². The lowest BCUT2D eigenvalue weighted by atomic mass is 9.90. The van der Waals surface area contributed by atoms with E-state index in [4.69, 9.17) is 29.9 Å². The van der Waals surface area contributed by atoms with Crippen LogP contribution in [0, 0.1) is 0 Å². The zero-order valence-corrected chi connectivity index (χ0v) is 68.7. The van der Waals surface area contributed by atoms with E-state index in [1.54, 1.807) is 0 Å². The second-order valence-corrected chi connectivity index (χ2v) is 31.8. The van der Waals surface area contributed by atoms with Crippen LogP contribution < -0.4 is 0 Å². The lowest BCUT2D eigenvalue weighted by molar-refractivity contribution is 1.18. The first-order valence-corrected chi connectivity index (χ1v) is 42.8. The third-order valence-electron chi connectivity index (χ3n) is 24.2. The van der Waals surface area contributed by atoms with E-state index in [2.05, 4.69) is 376 Å². The maximum atomic E-state index is 5.13. The second-order valence-electron chi connectivity index (χ2n) is 31.8. The van der Waals surface area contributed by atoms with Crippen LogP contribution in [0.3, 0.4) is 0 Å². The topological polar surface area (TPSA) is 77.3 Å². The molecule has 0 atom stereocenters. The summed E-state index contributed by atoms with van der Waals surface area (Å²) in [6.45, 7) is 0. The average Bonchev–Trinajstić information content (AvgIpc) is 0.748. The molecule has 0 unspecified atom stereocenters. The minimum atomic E-state index is 0.717. The molecule has 0 radical (unpaired) electrons. The van der Waals surface area contributed by atoms with Crippen molar-refractivity contribution in [1.29, 1.82) is 0 Å². The summed E-state index contributed by atoms with van der Waals surface area (Å²) in [6.07, 6.45) is 0. The molecule has 0 aliphatic rings. The Morgan fingerprint density at radius 2 is 0.294 bits per heavy atom. The Bertz CT molecular complexity index is 7650. The first-order valence-electron chi connectivity index (χ1n) is 42.8. The maximum absolute atomic E-state index is 5.13. The SMILES string of the molecule is c1ccc(-c2cc(-c3cccc(-c4ccc5c6ccccc6c6ccccc6c5c4)c3)nc(-c3ccccc3)n2)cc1.c1ccc(-c2cc(-c3ccccc3)nc(-c3cccc(-c4ccc5c6ccccc6c6ccccc6c5c4)c3)n2)cc1.c1ccc(-c2cc(-c3ccccc3-c3ccc4c5ccccc5c5ccccc5c4c3)nc(-c3ccccc3)n2)cc1. The highest BCUT2D eigenvalue weighted by molar-refractivity contribution is 6.28. The first kappa shape index (κ1) is 75.4. The van der Waals surface area contributed by atoms with E-state index in [1.807, 2.05) is 97.1 Å². The van der Waals surface area contributed by atoms with Crippen molar-refractivity contribution in [2.45, 2.75) is 0 Å². The fraction of sp³-hybridized carbons (Fsp3) is 0. The lowest BCUT2D eigenvalue weighted by Crippen LogP contribution is -1.97. The average molecular weight is 1600 g/mol. The number of rotatable bonds is 12. The Kier molecular flexibility index (Phi) is 19.9. The molecule has 24 rings (SSSR count). The van der Waals surface area contributed by atoms with E-state index in [1.165, 1.54) is 114 Å². The van der Waals surface area contributed by atoms with Crippen LogP contribution in [0.4, 0.5) is 0 Å². The third-order valence-corrected chi connectivity index (χ3v) is 24.2. The number of hydrogen-bond acceptors (Lipinski definition) is 6. The molecule has 0 fully saturated rings. The van der Waals surface area contributed by atoms with Crippen molar-refractivity contribution >= 4 is 97.0 Å². The highest BCUT2D eigenvalue weighted by Gasteiger charge is 2.21. The Morgan fingerprint density at radius 1 is 0.0952 bits per heavy atom. The van der Waals surface area contributed by atoms with Gasteiger partial charge < -0.3 is 0 Å². The van der Waals surface area contributed by atoms with Crippen LogP contribution in [0.1, 0.15) is 0 Å². The molecule has 0 spiro atoms. The summed E-state index contributed by atoms with van der Waals surface area (Å²) in [4.78, 5) is 30.2. The van der Waals surface area contributed by atoms with Gasteiger partial charge in [0.05, 0.1) is 34.2 Å². The number of hydrogen-bond donors (Lipinski definition) is 0. The van der Waals surface area contributed by atoms with Crippen LogP contribution >= 0.6 is 0 Å². The van der Waals surface area contributed by atoms with Crippen LogP contribution in [0.2, 0.25) is 0 Å². The van der Waals surface area contributed by atoms with Crippen molar-refractivity contribution in [2.75, 3.05) is 0 Å². The quantitative estimate of drug-likeness (QED) is 0.113. The molecule has 3 heterocycles. The number of benzene rings is 21. The Balaban J connectivity index is 0.000000112. The van der Waals surface area contributed by atoms with Crippen LogP contribution in [0.5, 0.6) is 0 Å². The van der Waals surface area contributed by atoms with Gasteiger partial charge in [-0.25, -0.2) is 29.9 Å². The Labute approximate surface area is 730 Å². The summed E-state index contributed by atoms with van der Waals surface area (Å²) in [6, 6.07) is 167. The zero-order chi connectivity index (χ0) is 83.6. The van der Waals surface area contributed by atoms with Gasteiger partial charge in [0.2, 0.25) is 0 Å². The summed E-state index contributed by atoms with van der Waals surface area (Å²) >= 11 is 0. The molecule has 6 heteroatoms. The summed E-state index contributed by atoms with van der Waals surface area (Å²) in [7, 11) is 0. The van der Waals surface area contributed by atoms with E-state index in [9.17, 15) is 0 Å². The summed E-state index contributed by atoms with van der Waals surface area (Å²) in [5.41, 5.74) is 21.8. The molecule has 0 amide bonds. The Morgan fingerprint density at radius 3 is 0.627 bits per heavy atom. The van der Waals surface area contributed by atoms with Crippen molar-refractivity contribution < 1.29 is 0 Å². The summed E-state index contributed by atoms with van der Waals surface area (Å²) < 4.78 is 0. The van der Waals surface area contributed by atoms with E-state index in [0.29, 0.717) is 5.82 Å². The predicted octanol–water partition coefficient (Wildman–Crippen LogP) is 31.8. The zero-order valence-electron chi connectivity index (χ0n) is 68.7. The Hall–Kier alpha value is -16.8. The lowest BCUT2D eigenvalue weighted by Gasteiger charge is -2.15. The van der Waals surface area contributed by atoms with Gasteiger partial charge >= 0.3 is 0 Å². The van der Waals surface area contributed by atoms with Crippen LogP contribution in [0.15, 0.2) is 473 Å². The van der Waals surface area contributed by atoms with E-state index in [0.717, 1.165) is 113 Å². The highest BCUT2D eigenvalue weighted by Crippen LogP contribution is 2.44. The molecule has 0 aliphatic heterocycles. The largest absolute Gasteiger partial charge is 0.228 e. The molecule has 3 aromatic heterocycles. The third kappa shape index (κ3) is 14.7. The molecule has 6 nitrogen and oxygen atoms in total. The monoisotopic (exact) mass is 1600 g/mol. The molecule has 24 aromatic rings. The maximum Gasteiger partial charge on any atom is 0.160 e. The van der Waals surface area contributed by atoms with Crippen LogP contribution in [-0.4, -0.2) is 29.9 Å². The first-order chi connectivity index (χ1) is 62.5. The molecule has 0 N–H and O–H groups in total. The predicted molar refractivity (Wildman–Crippen MR) is 529 cm³/mol. The molecular weight excluding hydrogens is 1530 g/mol. The summed E-state index contributed by atoms with van der Waals surface area (Å²) in [5, 5.41) is 23.0. The second kappa shape index (κ2) is 33.3. The molecule has 0 aliphatic carbocycles. The van der Waals surface area contributed by atoms with Gasteiger partial charge in [-0.05, 0) is 179 Å². The molecule has 0 saturated heterocycles. The van der Waals surface area contributed by atoms with Crippen LogP contribution in [-0.2, 0) is 0 Å². The molecule has 0 bridgehead atoms. The fourth-order valence-corrected chi connectivity index (χ4v) is 18.1. The van der Waals surface area contributed by atoms with Crippen molar-refractivity contribution in [1.82, 2.24) is 29.9 Å².